The number of nitrogens with zero attached hydrogens (tertiary/aromatic N) is 2. The molecule has 7 heavy (non-hydrogen) atoms. The largest absolute Gasteiger partial charge is 0.803 e. The van der Waals surface area contributed by atoms with Crippen molar-refractivity contribution in [2.75, 3.05) is 0 Å². The monoisotopic (exact) mass is 120 g/mol. The highest BCUT2D eigenvalue weighted by atomic mass is 31.2. The molecule has 0 atom stereocenters. The molecule has 0 rings (SSSR count). The smallest absolute Gasteiger partial charge is 0.284 e. The van der Waals surface area contributed by atoms with Crippen LogP contribution in [-0.2, 0) is 4.57 Å². The van der Waals surface area contributed by atoms with E-state index in [2.05, 4.69) is 0 Å². The molecule has 40 valence electrons. The second-order valence-electron chi connectivity index (χ2n) is 0.771. The van der Waals surface area contributed by atoms with Crippen LogP contribution in [0, 0.1) is 0 Å². The van der Waals surface area contributed by atoms with Crippen molar-refractivity contribution in [2.45, 2.75) is 0 Å². The van der Waals surface area contributed by atoms with Crippen molar-refractivity contribution >= 4 is 13.6 Å². The molecule has 0 saturated heterocycles. The predicted octanol–water partition coefficient (Wildman–Crippen LogP) is -1.84. The molecule has 0 bridgehead atoms. The summed E-state index contributed by atoms with van der Waals surface area (Å²) in [5.74, 6) is -0.0625. The Morgan fingerprint density at radius 2 is 2.14 bits per heavy atom. The van der Waals surface area contributed by atoms with Crippen LogP contribution in [0.15, 0.2) is 0 Å². The summed E-state index contributed by atoms with van der Waals surface area (Å²) in [6.07, 6.45) is 0. The van der Waals surface area contributed by atoms with Gasteiger partial charge in [0, 0.05) is 7.60 Å². The van der Waals surface area contributed by atoms with E-state index in [0.717, 1.165) is 0 Å². The zero-order valence-corrected chi connectivity index (χ0v) is 4.04. The van der Waals surface area contributed by atoms with Gasteiger partial charge in [-0.3, -0.25) is 0 Å². The van der Waals surface area contributed by atoms with E-state index >= 15 is 0 Å². The molecule has 6 heteroatoms. The van der Waals surface area contributed by atoms with Crippen molar-refractivity contribution in [3.63, 3.8) is 0 Å². The Hall–Kier alpha value is -0.470. The summed E-state index contributed by atoms with van der Waals surface area (Å²) < 4.78 is 9.39. The lowest BCUT2D eigenvalue weighted by Gasteiger charge is -2.16. The Labute approximate surface area is 39.4 Å². The van der Waals surface area contributed by atoms with Crippen molar-refractivity contribution in [3.8, 4) is 0 Å². The summed E-state index contributed by atoms with van der Waals surface area (Å²) in [5.41, 5.74) is 7.40. The van der Waals surface area contributed by atoms with Crippen LogP contribution in [0.3, 0.4) is 0 Å². The number of hydrogen-bond acceptors (Lipinski definition) is 3. The van der Waals surface area contributed by atoms with Crippen molar-refractivity contribution in [2.24, 2.45) is 0 Å². The molecule has 0 aliphatic carbocycles. The highest BCUT2D eigenvalue weighted by Crippen LogP contribution is 2.14. The van der Waals surface area contributed by atoms with Crippen molar-refractivity contribution < 1.29 is 19.1 Å². The Kier molecular flexibility index (Phi) is 1.87. The van der Waals surface area contributed by atoms with Gasteiger partial charge >= 0.3 is 0 Å². The zero-order valence-electron chi connectivity index (χ0n) is 3.14. The van der Waals surface area contributed by atoms with Crippen LogP contribution < -0.4 is 9.79 Å². The summed E-state index contributed by atoms with van der Waals surface area (Å²) in [4.78, 5) is 20.8. The average Bonchev–Trinajstić information content (AvgIpc) is 1.30. The first-order chi connectivity index (χ1) is 3.06. The van der Waals surface area contributed by atoms with Gasteiger partial charge in [0.1, 0.15) is 0 Å². The van der Waals surface area contributed by atoms with Crippen LogP contribution in [0.25, 0.3) is 5.53 Å². The van der Waals surface area contributed by atoms with Crippen LogP contribution in [0.2, 0.25) is 0 Å². The first kappa shape index (κ1) is 6.53. The van der Waals surface area contributed by atoms with Crippen LogP contribution >= 0.6 is 7.60 Å². The van der Waals surface area contributed by atoms with E-state index in [1.54, 1.807) is 0 Å². The molecule has 0 N–H and O–H groups in total. The maximum atomic E-state index is 9.39. The van der Waals surface area contributed by atoms with Gasteiger partial charge in [0.25, 0.3) is 5.96 Å². The highest BCUT2D eigenvalue weighted by molar-refractivity contribution is 7.64. The Morgan fingerprint density at radius 1 is 1.71 bits per heavy atom. The molecule has 5 nitrogen and oxygen atoms in total. The topological polar surface area (TPSA) is 99.6 Å². The Balaban J connectivity index is 4.10. The second kappa shape index (κ2) is 2.00. The third-order valence-corrected chi connectivity index (χ3v) is 0.579. The Morgan fingerprint density at radius 3 is 2.14 bits per heavy atom. The van der Waals surface area contributed by atoms with Gasteiger partial charge in [0.05, 0.1) is 0 Å². The lowest BCUT2D eigenvalue weighted by molar-refractivity contribution is -0.307. The van der Waals surface area contributed by atoms with Crippen molar-refractivity contribution in [1.29, 1.82) is 0 Å². The van der Waals surface area contributed by atoms with Gasteiger partial charge in [0.15, 0.2) is 0 Å². The van der Waals surface area contributed by atoms with Crippen molar-refractivity contribution in [1.82, 2.24) is 0 Å². The third kappa shape index (κ3) is 5.53. The third-order valence-electron chi connectivity index (χ3n) is 0.193. The van der Waals surface area contributed by atoms with E-state index in [-0.39, 0.29) is 5.96 Å². The number of hydrogen-bond donors (Lipinski definition) is 0. The van der Waals surface area contributed by atoms with Gasteiger partial charge in [-0.25, -0.2) is 0 Å². The maximum absolute atomic E-state index is 9.39. The first-order valence-corrected chi connectivity index (χ1v) is 2.88. The SMILES string of the molecule is [N-]=[N+]=CP(=O)([O-])[O-]. The van der Waals surface area contributed by atoms with Gasteiger partial charge < -0.3 is 19.9 Å². The van der Waals surface area contributed by atoms with E-state index in [0.29, 0.717) is 0 Å². The molecule has 0 spiro atoms. The highest BCUT2D eigenvalue weighted by Gasteiger charge is 1.83. The first-order valence-electron chi connectivity index (χ1n) is 1.26. The van der Waals surface area contributed by atoms with Crippen LogP contribution in [0.4, 0.5) is 0 Å². The molecule has 0 radical (unpaired) electrons. The summed E-state index contributed by atoms with van der Waals surface area (Å²) in [6.45, 7) is 0. The molecule has 0 saturated carbocycles. The maximum Gasteiger partial charge on any atom is 0.284 e. The minimum absolute atomic E-state index is 0.0625. The summed E-state index contributed by atoms with van der Waals surface area (Å²) in [7, 11) is -4.71. The van der Waals surface area contributed by atoms with E-state index in [4.69, 9.17) is 5.53 Å². The van der Waals surface area contributed by atoms with E-state index in [1.165, 1.54) is 0 Å². The van der Waals surface area contributed by atoms with Crippen LogP contribution in [-0.4, -0.2) is 10.7 Å². The fourth-order valence-corrected chi connectivity index (χ4v) is 0.190. The summed E-state index contributed by atoms with van der Waals surface area (Å²) in [6, 6.07) is 0. The quantitative estimate of drug-likeness (QED) is 0.176. The van der Waals surface area contributed by atoms with Gasteiger partial charge in [0.2, 0.25) is 0 Å². The van der Waals surface area contributed by atoms with Gasteiger partial charge in [-0.2, -0.15) is 4.79 Å². The average molecular weight is 120 g/mol. The molecule has 0 aromatic heterocycles. The molecular formula is CHN2O3P-2. The van der Waals surface area contributed by atoms with Crippen LogP contribution in [0.5, 0.6) is 0 Å². The van der Waals surface area contributed by atoms with Gasteiger partial charge in [-0.05, 0) is 0 Å². The molecule has 0 heterocycles. The van der Waals surface area contributed by atoms with Crippen molar-refractivity contribution in [3.05, 3.63) is 5.53 Å². The molecule has 0 unspecified atom stereocenters. The number of rotatable bonds is 1. The van der Waals surface area contributed by atoms with Gasteiger partial charge in [-0.1, -0.05) is 0 Å². The fourth-order valence-electron chi connectivity index (χ4n) is 0.0632. The zero-order chi connectivity index (χ0) is 5.91. The molecule has 0 fully saturated rings. The van der Waals surface area contributed by atoms with E-state index in [1.807, 2.05) is 4.79 Å². The molecule has 0 aliphatic rings. The van der Waals surface area contributed by atoms with Gasteiger partial charge in [-0.15, -0.1) is 0 Å². The molecular weight excluding hydrogens is 119 g/mol. The van der Waals surface area contributed by atoms with E-state index in [9.17, 15) is 14.4 Å². The minimum Gasteiger partial charge on any atom is -0.803 e. The molecule has 0 aromatic rings. The second-order valence-corrected chi connectivity index (χ2v) is 2.08. The standard InChI is InChI=1S/CH3N2O3P/c2-3-1-7(4,5)6/h1H,(H2,4,5,6)/p-2. The van der Waals surface area contributed by atoms with E-state index < -0.39 is 7.60 Å². The minimum atomic E-state index is -4.71. The fraction of sp³-hybridized carbons (Fsp3) is 0. The summed E-state index contributed by atoms with van der Waals surface area (Å²) in [5, 5.41) is 0. The Bertz CT molecular complexity index is 141. The lowest BCUT2D eigenvalue weighted by atomic mass is 11.7. The molecule has 0 aromatic carbocycles. The normalized spacial score (nSPS) is 10.0. The molecule has 0 amide bonds. The molecule has 0 aliphatic heterocycles. The van der Waals surface area contributed by atoms with Crippen LogP contribution in [0.1, 0.15) is 0 Å². The predicted molar refractivity (Wildman–Crippen MR) is 17.3 cm³/mol. The summed E-state index contributed by atoms with van der Waals surface area (Å²) >= 11 is 0. The lowest BCUT2D eigenvalue weighted by Crippen LogP contribution is -2.14.